The molecule has 1 rings (SSSR count). The van der Waals surface area contributed by atoms with E-state index in [1.165, 1.54) is 0 Å². The number of halogens is 3. The van der Waals surface area contributed by atoms with Gasteiger partial charge in [-0.15, -0.1) is 0 Å². The Kier molecular flexibility index (Phi) is 5.32. The standard InChI is InChI=1S/C10H10Br3NO/c1-6(11)4-14-5-7-2-8(12)3-9(13)10(7)15/h2-3,14-15H,1,4-5H2. The third kappa shape index (κ3) is 4.26. The summed E-state index contributed by atoms with van der Waals surface area (Å²) in [7, 11) is 0. The minimum Gasteiger partial charge on any atom is -0.506 e. The fourth-order valence-corrected chi connectivity index (χ4v) is 2.60. The molecule has 1 aromatic carbocycles. The van der Waals surface area contributed by atoms with E-state index < -0.39 is 0 Å². The third-order valence-electron chi connectivity index (χ3n) is 1.74. The lowest BCUT2D eigenvalue weighted by Gasteiger charge is -2.08. The van der Waals surface area contributed by atoms with Crippen molar-refractivity contribution in [3.8, 4) is 5.75 Å². The normalized spacial score (nSPS) is 10.3. The number of rotatable bonds is 4. The van der Waals surface area contributed by atoms with E-state index in [9.17, 15) is 5.11 Å². The molecule has 5 heteroatoms. The molecule has 15 heavy (non-hydrogen) atoms. The largest absolute Gasteiger partial charge is 0.506 e. The maximum Gasteiger partial charge on any atom is 0.134 e. The van der Waals surface area contributed by atoms with Gasteiger partial charge in [-0.05, 0) is 28.1 Å². The summed E-state index contributed by atoms with van der Waals surface area (Å²) in [4.78, 5) is 0. The van der Waals surface area contributed by atoms with E-state index in [0.29, 0.717) is 17.6 Å². The highest BCUT2D eigenvalue weighted by atomic mass is 79.9. The van der Waals surface area contributed by atoms with Crippen molar-refractivity contribution in [3.63, 3.8) is 0 Å². The van der Waals surface area contributed by atoms with Crippen molar-refractivity contribution >= 4 is 47.8 Å². The fourth-order valence-electron chi connectivity index (χ4n) is 1.09. The molecule has 1 aromatic rings. The molecule has 0 aromatic heterocycles. The second kappa shape index (κ2) is 6.03. The molecular formula is C10H10Br3NO. The molecule has 0 spiro atoms. The number of hydrogen-bond acceptors (Lipinski definition) is 2. The number of nitrogens with one attached hydrogen (secondary N) is 1. The highest BCUT2D eigenvalue weighted by Gasteiger charge is 2.06. The van der Waals surface area contributed by atoms with Gasteiger partial charge in [0.25, 0.3) is 0 Å². The van der Waals surface area contributed by atoms with E-state index in [1.54, 1.807) is 0 Å². The zero-order chi connectivity index (χ0) is 11.4. The number of hydrogen-bond donors (Lipinski definition) is 2. The lowest BCUT2D eigenvalue weighted by Crippen LogP contribution is -2.14. The van der Waals surface area contributed by atoms with Crippen LogP contribution in [0.3, 0.4) is 0 Å². The van der Waals surface area contributed by atoms with Gasteiger partial charge >= 0.3 is 0 Å². The smallest absolute Gasteiger partial charge is 0.134 e. The van der Waals surface area contributed by atoms with Crippen LogP contribution < -0.4 is 5.32 Å². The van der Waals surface area contributed by atoms with Crippen LogP contribution in [0, 0.1) is 0 Å². The first-order chi connectivity index (χ1) is 7.00. The summed E-state index contributed by atoms with van der Waals surface area (Å²) in [6.45, 7) is 4.98. The molecule has 0 bridgehead atoms. The van der Waals surface area contributed by atoms with Crippen molar-refractivity contribution < 1.29 is 5.11 Å². The molecule has 0 saturated carbocycles. The first kappa shape index (κ1) is 13.2. The number of aromatic hydroxyl groups is 1. The highest BCUT2D eigenvalue weighted by molar-refractivity contribution is 9.11. The van der Waals surface area contributed by atoms with Crippen LogP contribution in [-0.4, -0.2) is 11.7 Å². The Hall–Kier alpha value is 0.160. The van der Waals surface area contributed by atoms with E-state index in [-0.39, 0.29) is 5.75 Å². The lowest BCUT2D eigenvalue weighted by atomic mass is 10.2. The van der Waals surface area contributed by atoms with Crippen LogP contribution in [0.4, 0.5) is 0 Å². The predicted octanol–water partition coefficient (Wildman–Crippen LogP) is 3.92. The maximum absolute atomic E-state index is 9.75. The van der Waals surface area contributed by atoms with Crippen LogP contribution in [-0.2, 0) is 6.54 Å². The van der Waals surface area contributed by atoms with E-state index >= 15 is 0 Å². The van der Waals surface area contributed by atoms with Crippen molar-refractivity contribution in [2.45, 2.75) is 6.54 Å². The second-order valence-electron chi connectivity index (χ2n) is 3.02. The van der Waals surface area contributed by atoms with Crippen molar-refractivity contribution in [1.29, 1.82) is 0 Å². The summed E-state index contributed by atoms with van der Waals surface area (Å²) in [6, 6.07) is 3.69. The van der Waals surface area contributed by atoms with Gasteiger partial charge in [0.05, 0.1) is 4.47 Å². The molecule has 0 aliphatic heterocycles. The Bertz CT molecular complexity index is 379. The molecule has 0 atom stereocenters. The third-order valence-corrected chi connectivity index (χ3v) is 3.08. The zero-order valence-corrected chi connectivity index (χ0v) is 12.6. The molecule has 2 nitrogen and oxygen atoms in total. The van der Waals surface area contributed by atoms with Crippen molar-refractivity contribution in [2.24, 2.45) is 0 Å². The van der Waals surface area contributed by atoms with Crippen LogP contribution in [0.15, 0.2) is 32.1 Å². The molecule has 0 saturated heterocycles. The molecule has 0 radical (unpaired) electrons. The summed E-state index contributed by atoms with van der Waals surface area (Å²) in [5.74, 6) is 0.269. The Labute approximate surface area is 114 Å². The maximum atomic E-state index is 9.75. The first-order valence-corrected chi connectivity index (χ1v) is 6.59. The average molecular weight is 400 g/mol. The number of benzene rings is 1. The zero-order valence-electron chi connectivity index (χ0n) is 7.86. The SMILES string of the molecule is C=C(Br)CNCc1cc(Br)cc(Br)c1O. The minimum absolute atomic E-state index is 0.269. The number of phenolic OH excluding ortho intramolecular Hbond substituents is 1. The molecule has 0 aliphatic carbocycles. The topological polar surface area (TPSA) is 32.3 Å². The van der Waals surface area contributed by atoms with Crippen LogP contribution in [0.5, 0.6) is 5.75 Å². The Morgan fingerprint density at radius 1 is 1.40 bits per heavy atom. The average Bonchev–Trinajstić information content (AvgIpc) is 2.12. The molecule has 0 heterocycles. The van der Waals surface area contributed by atoms with Gasteiger partial charge < -0.3 is 10.4 Å². The molecule has 0 aliphatic rings. The van der Waals surface area contributed by atoms with Crippen LogP contribution in [0.25, 0.3) is 0 Å². The highest BCUT2D eigenvalue weighted by Crippen LogP contribution is 2.31. The molecule has 0 amide bonds. The molecule has 0 fully saturated rings. The minimum atomic E-state index is 0.269. The van der Waals surface area contributed by atoms with E-state index in [1.807, 2.05) is 12.1 Å². The van der Waals surface area contributed by atoms with E-state index in [2.05, 4.69) is 59.7 Å². The summed E-state index contributed by atoms with van der Waals surface area (Å²) < 4.78 is 2.50. The van der Waals surface area contributed by atoms with Gasteiger partial charge in [-0.25, -0.2) is 0 Å². The Morgan fingerprint density at radius 3 is 2.67 bits per heavy atom. The Balaban J connectivity index is 2.72. The van der Waals surface area contributed by atoms with Crippen LogP contribution >= 0.6 is 47.8 Å². The van der Waals surface area contributed by atoms with Gasteiger partial charge in [0, 0.05) is 27.6 Å². The lowest BCUT2D eigenvalue weighted by molar-refractivity contribution is 0.462. The molecule has 2 N–H and O–H groups in total. The van der Waals surface area contributed by atoms with Gasteiger partial charge in [0.2, 0.25) is 0 Å². The predicted molar refractivity (Wildman–Crippen MR) is 73.3 cm³/mol. The fraction of sp³-hybridized carbons (Fsp3) is 0.200. The van der Waals surface area contributed by atoms with Gasteiger partial charge in [-0.2, -0.15) is 0 Å². The molecule has 82 valence electrons. The first-order valence-electron chi connectivity index (χ1n) is 4.21. The van der Waals surface area contributed by atoms with Crippen molar-refractivity contribution in [3.05, 3.63) is 37.7 Å². The van der Waals surface area contributed by atoms with E-state index in [0.717, 1.165) is 14.5 Å². The van der Waals surface area contributed by atoms with Crippen LogP contribution in [0.2, 0.25) is 0 Å². The van der Waals surface area contributed by atoms with Crippen molar-refractivity contribution in [1.82, 2.24) is 5.32 Å². The summed E-state index contributed by atoms with van der Waals surface area (Å²) in [5.41, 5.74) is 0.838. The van der Waals surface area contributed by atoms with Gasteiger partial charge in [-0.1, -0.05) is 38.4 Å². The quantitative estimate of drug-likeness (QED) is 0.804. The van der Waals surface area contributed by atoms with Gasteiger partial charge in [0.1, 0.15) is 5.75 Å². The summed E-state index contributed by atoms with van der Waals surface area (Å²) in [6.07, 6.45) is 0. The number of phenols is 1. The van der Waals surface area contributed by atoms with Gasteiger partial charge in [-0.3, -0.25) is 0 Å². The monoisotopic (exact) mass is 397 g/mol. The van der Waals surface area contributed by atoms with E-state index in [4.69, 9.17) is 0 Å². The summed E-state index contributed by atoms with van der Waals surface area (Å²) in [5, 5.41) is 12.9. The van der Waals surface area contributed by atoms with Crippen LogP contribution in [0.1, 0.15) is 5.56 Å². The Morgan fingerprint density at radius 2 is 2.07 bits per heavy atom. The summed E-state index contributed by atoms with van der Waals surface area (Å²) >= 11 is 9.91. The second-order valence-corrected chi connectivity index (χ2v) is 5.91. The van der Waals surface area contributed by atoms with Gasteiger partial charge in [0.15, 0.2) is 0 Å². The molecule has 0 unspecified atom stereocenters. The van der Waals surface area contributed by atoms with Crippen molar-refractivity contribution in [2.75, 3.05) is 6.54 Å². The molecular weight excluding hydrogens is 390 g/mol.